The van der Waals surface area contributed by atoms with Crippen molar-refractivity contribution in [1.82, 2.24) is 25.0 Å². The topological polar surface area (TPSA) is 88.8 Å². The third kappa shape index (κ3) is 4.02. The van der Waals surface area contributed by atoms with Crippen molar-refractivity contribution in [3.05, 3.63) is 54.1 Å². The molecule has 0 amide bonds. The first kappa shape index (κ1) is 18.7. The van der Waals surface area contributed by atoms with Gasteiger partial charge < -0.3 is 20.1 Å². The number of nitrogens with zero attached hydrogens (tertiary/aromatic N) is 5. The summed E-state index contributed by atoms with van der Waals surface area (Å²) in [5, 5.41) is 10.9. The lowest BCUT2D eigenvalue weighted by molar-refractivity contribution is 0.0384. The van der Waals surface area contributed by atoms with E-state index in [1.165, 1.54) is 0 Å². The Balaban J connectivity index is 1.24. The standard InChI is InChI=1S/C21H25N7O2/c1-27-11-16(12-27)29-15-4-6-20(22-10-15)30-14-3-5-18-17(9-14)21(24-13-23-18)25-19-7-8-28(2)26-19/h3-8,10,13-14,16,18H,9,11-12H2,1-2H3,(H,23,24)(H,25,26). The van der Waals surface area contributed by atoms with Crippen LogP contribution in [0.5, 0.6) is 11.6 Å². The number of pyridine rings is 1. The smallest absolute Gasteiger partial charge is 0.214 e. The molecule has 9 nitrogen and oxygen atoms in total. The average molecular weight is 407 g/mol. The van der Waals surface area contributed by atoms with E-state index in [0.29, 0.717) is 12.3 Å². The van der Waals surface area contributed by atoms with Crippen LogP contribution in [0.2, 0.25) is 0 Å². The number of hydrogen-bond donors (Lipinski definition) is 2. The SMILES string of the molecule is CN1CC(Oc2ccc(OC3C=CC4N=CNC(Nc5ccn(C)n5)=C4C3)nc2)C1. The molecule has 1 fully saturated rings. The van der Waals surface area contributed by atoms with Gasteiger partial charge in [0, 0.05) is 50.5 Å². The zero-order valence-corrected chi connectivity index (χ0v) is 17.0. The van der Waals surface area contributed by atoms with Gasteiger partial charge in [-0.25, -0.2) is 4.98 Å². The van der Waals surface area contributed by atoms with Gasteiger partial charge in [0.05, 0.1) is 18.6 Å². The highest BCUT2D eigenvalue weighted by atomic mass is 16.5. The lowest BCUT2D eigenvalue weighted by Crippen LogP contribution is -2.51. The van der Waals surface area contributed by atoms with Crippen LogP contribution in [-0.4, -0.2) is 64.4 Å². The molecule has 0 radical (unpaired) electrons. The summed E-state index contributed by atoms with van der Waals surface area (Å²) in [7, 11) is 3.97. The number of aromatic nitrogens is 3. The van der Waals surface area contributed by atoms with Gasteiger partial charge in [-0.15, -0.1) is 0 Å². The molecule has 2 unspecified atom stereocenters. The maximum Gasteiger partial charge on any atom is 0.214 e. The molecule has 3 aliphatic rings. The van der Waals surface area contributed by atoms with E-state index in [-0.39, 0.29) is 18.2 Å². The number of aryl methyl sites for hydroxylation is 1. The Morgan fingerprint density at radius 1 is 1.13 bits per heavy atom. The van der Waals surface area contributed by atoms with Crippen molar-refractivity contribution in [1.29, 1.82) is 0 Å². The molecule has 30 heavy (non-hydrogen) atoms. The molecule has 0 spiro atoms. The molecule has 9 heteroatoms. The quantitative estimate of drug-likeness (QED) is 0.702. The average Bonchev–Trinajstić information content (AvgIpc) is 3.13. The number of likely N-dealkylation sites (N-methyl/N-ethyl adjacent to an activating group) is 1. The van der Waals surface area contributed by atoms with Crippen LogP contribution in [-0.2, 0) is 7.05 Å². The van der Waals surface area contributed by atoms with Crippen LogP contribution >= 0.6 is 0 Å². The van der Waals surface area contributed by atoms with Crippen molar-refractivity contribution in [2.45, 2.75) is 24.7 Å². The van der Waals surface area contributed by atoms with E-state index in [1.54, 1.807) is 17.2 Å². The molecule has 2 aliphatic heterocycles. The minimum atomic E-state index is -0.119. The second-order valence-electron chi connectivity index (χ2n) is 7.81. The maximum absolute atomic E-state index is 6.10. The summed E-state index contributed by atoms with van der Waals surface area (Å²) < 4.78 is 13.7. The van der Waals surface area contributed by atoms with E-state index in [1.807, 2.05) is 37.5 Å². The Morgan fingerprint density at radius 3 is 2.77 bits per heavy atom. The van der Waals surface area contributed by atoms with Crippen molar-refractivity contribution in [2.24, 2.45) is 12.0 Å². The van der Waals surface area contributed by atoms with E-state index >= 15 is 0 Å². The summed E-state index contributed by atoms with van der Waals surface area (Å²) in [6.45, 7) is 1.90. The third-order valence-electron chi connectivity index (χ3n) is 5.33. The van der Waals surface area contributed by atoms with E-state index in [2.05, 4.69) is 43.7 Å². The number of aliphatic imine (C=N–C) groups is 1. The second-order valence-corrected chi connectivity index (χ2v) is 7.81. The van der Waals surface area contributed by atoms with E-state index in [4.69, 9.17) is 9.47 Å². The van der Waals surface area contributed by atoms with Crippen molar-refractivity contribution in [3.8, 4) is 11.6 Å². The fourth-order valence-corrected chi connectivity index (χ4v) is 3.79. The van der Waals surface area contributed by atoms with Gasteiger partial charge in [0.1, 0.15) is 23.8 Å². The molecule has 2 N–H and O–H groups in total. The maximum atomic E-state index is 6.10. The molecule has 5 rings (SSSR count). The summed E-state index contributed by atoms with van der Waals surface area (Å²) in [6.07, 6.45) is 10.3. The number of ether oxygens (including phenoxy) is 2. The van der Waals surface area contributed by atoms with Crippen LogP contribution in [0.3, 0.4) is 0 Å². The van der Waals surface area contributed by atoms with Gasteiger partial charge in [-0.1, -0.05) is 6.08 Å². The van der Waals surface area contributed by atoms with Crippen molar-refractivity contribution >= 4 is 12.2 Å². The molecule has 2 aromatic heterocycles. The normalized spacial score (nSPS) is 23.5. The van der Waals surface area contributed by atoms with Crippen molar-refractivity contribution < 1.29 is 9.47 Å². The molecule has 0 bridgehead atoms. The highest BCUT2D eigenvalue weighted by molar-refractivity contribution is 5.64. The Morgan fingerprint density at radius 2 is 2.03 bits per heavy atom. The van der Waals surface area contributed by atoms with Gasteiger partial charge in [-0.05, 0) is 19.2 Å². The molecule has 0 aromatic carbocycles. The van der Waals surface area contributed by atoms with Gasteiger partial charge in [0.25, 0.3) is 0 Å². The fraction of sp³-hybridized carbons (Fsp3) is 0.381. The lowest BCUT2D eigenvalue weighted by atomic mass is 9.93. The predicted octanol–water partition coefficient (Wildman–Crippen LogP) is 1.54. The van der Waals surface area contributed by atoms with Gasteiger partial charge in [-0.2, -0.15) is 5.10 Å². The second kappa shape index (κ2) is 7.83. The van der Waals surface area contributed by atoms with Crippen LogP contribution in [0.4, 0.5) is 5.82 Å². The summed E-state index contributed by atoms with van der Waals surface area (Å²) in [6, 6.07) is 5.70. The third-order valence-corrected chi connectivity index (χ3v) is 5.33. The zero-order chi connectivity index (χ0) is 20.5. The van der Waals surface area contributed by atoms with Crippen LogP contribution in [0.25, 0.3) is 0 Å². The lowest BCUT2D eigenvalue weighted by Gasteiger charge is -2.35. The van der Waals surface area contributed by atoms with Crippen LogP contribution in [0, 0.1) is 0 Å². The fourth-order valence-electron chi connectivity index (χ4n) is 3.79. The summed E-state index contributed by atoms with van der Waals surface area (Å²) >= 11 is 0. The van der Waals surface area contributed by atoms with Crippen LogP contribution in [0.15, 0.2) is 59.1 Å². The summed E-state index contributed by atoms with van der Waals surface area (Å²) in [5.74, 6) is 3.03. The Labute approximate surface area is 175 Å². The minimum absolute atomic E-state index is 0.00153. The van der Waals surface area contributed by atoms with Gasteiger partial charge >= 0.3 is 0 Å². The van der Waals surface area contributed by atoms with Crippen molar-refractivity contribution in [2.75, 3.05) is 25.5 Å². The number of rotatable bonds is 6. The summed E-state index contributed by atoms with van der Waals surface area (Å²) in [4.78, 5) is 11.1. The molecule has 2 atom stereocenters. The van der Waals surface area contributed by atoms with E-state index < -0.39 is 0 Å². The first-order chi connectivity index (χ1) is 14.6. The molecule has 1 aliphatic carbocycles. The van der Waals surface area contributed by atoms with Crippen molar-refractivity contribution in [3.63, 3.8) is 0 Å². The molecule has 1 saturated heterocycles. The van der Waals surface area contributed by atoms with E-state index in [9.17, 15) is 0 Å². The first-order valence-electron chi connectivity index (χ1n) is 10.1. The Hall–Kier alpha value is -3.33. The van der Waals surface area contributed by atoms with Crippen LogP contribution in [0.1, 0.15) is 6.42 Å². The predicted molar refractivity (Wildman–Crippen MR) is 114 cm³/mol. The monoisotopic (exact) mass is 407 g/mol. The van der Waals surface area contributed by atoms with E-state index in [0.717, 1.165) is 36.1 Å². The molecule has 0 saturated carbocycles. The Bertz CT molecular complexity index is 989. The number of anilines is 1. The molecule has 156 valence electrons. The number of fused-ring (bicyclic) bond motifs is 1. The van der Waals surface area contributed by atoms with Gasteiger partial charge in [-0.3, -0.25) is 14.6 Å². The molecular formula is C21H25N7O2. The van der Waals surface area contributed by atoms with Gasteiger partial charge in [0.2, 0.25) is 5.88 Å². The summed E-state index contributed by atoms with van der Waals surface area (Å²) in [5.41, 5.74) is 1.13. The highest BCUT2D eigenvalue weighted by Gasteiger charge is 2.27. The van der Waals surface area contributed by atoms with Gasteiger partial charge in [0.15, 0.2) is 5.82 Å². The molecule has 2 aromatic rings. The first-order valence-corrected chi connectivity index (χ1v) is 10.1. The molecular weight excluding hydrogens is 382 g/mol. The number of likely N-dealkylation sites (tertiary alicyclic amines) is 1. The zero-order valence-electron chi connectivity index (χ0n) is 17.0. The number of nitrogens with one attached hydrogen (secondary N) is 2. The van der Waals surface area contributed by atoms with Crippen LogP contribution < -0.4 is 20.1 Å². The highest BCUT2D eigenvalue weighted by Crippen LogP contribution is 2.28. The Kier molecular flexibility index (Phi) is 4.88. The largest absolute Gasteiger partial charge is 0.486 e. The number of hydrogen-bond acceptors (Lipinski definition) is 8. The minimum Gasteiger partial charge on any atom is -0.486 e. The molecule has 4 heterocycles.